The van der Waals surface area contributed by atoms with E-state index < -0.39 is 29.8 Å². The molecule has 0 saturated carbocycles. The number of hydrogen-bond donors (Lipinski definition) is 3. The average molecular weight is 316 g/mol. The lowest BCUT2D eigenvalue weighted by atomic mass is 10.0. The van der Waals surface area contributed by atoms with Crippen LogP contribution in [0.15, 0.2) is 24.3 Å². The number of benzene rings is 1. The highest BCUT2D eigenvalue weighted by Crippen LogP contribution is 2.21. The van der Waals surface area contributed by atoms with Crippen LogP contribution in [0.1, 0.15) is 32.4 Å². The van der Waals surface area contributed by atoms with Crippen molar-refractivity contribution in [1.29, 1.82) is 0 Å². The van der Waals surface area contributed by atoms with Gasteiger partial charge in [-0.3, -0.25) is 0 Å². The van der Waals surface area contributed by atoms with Gasteiger partial charge in [0.25, 0.3) is 0 Å². The molecule has 0 aliphatic rings. The molecule has 2 unspecified atom stereocenters. The van der Waals surface area contributed by atoms with Crippen molar-refractivity contribution < 1.29 is 24.5 Å². The number of carboxylic acids is 1. The van der Waals surface area contributed by atoms with Crippen LogP contribution < -0.4 is 5.32 Å². The molecular weight excluding hydrogens is 298 g/mol. The van der Waals surface area contributed by atoms with Crippen LogP contribution in [0.2, 0.25) is 5.02 Å². The largest absolute Gasteiger partial charge is 0.480 e. The van der Waals surface area contributed by atoms with Crippen LogP contribution in [0.3, 0.4) is 0 Å². The van der Waals surface area contributed by atoms with Crippen molar-refractivity contribution >= 4 is 23.7 Å². The van der Waals surface area contributed by atoms with E-state index in [1.54, 1.807) is 32.9 Å². The fourth-order valence-electron chi connectivity index (χ4n) is 1.59. The number of halogens is 1. The van der Waals surface area contributed by atoms with Crippen molar-refractivity contribution in [2.75, 3.05) is 0 Å². The van der Waals surface area contributed by atoms with Gasteiger partial charge in [0.05, 0.1) is 0 Å². The maximum absolute atomic E-state index is 11.6. The van der Waals surface area contributed by atoms with Gasteiger partial charge in [-0.1, -0.05) is 23.7 Å². The second-order valence-electron chi connectivity index (χ2n) is 5.46. The Hall–Kier alpha value is -1.79. The summed E-state index contributed by atoms with van der Waals surface area (Å²) in [6.45, 7) is 4.95. The number of aliphatic carboxylic acids is 1. The molecule has 0 aliphatic heterocycles. The second kappa shape index (κ2) is 6.78. The molecule has 0 aromatic heterocycles. The Morgan fingerprint density at radius 3 is 2.43 bits per heavy atom. The van der Waals surface area contributed by atoms with Gasteiger partial charge in [0.2, 0.25) is 0 Å². The van der Waals surface area contributed by atoms with E-state index in [0.29, 0.717) is 5.02 Å². The number of alkyl carbamates (subject to hydrolysis) is 1. The summed E-state index contributed by atoms with van der Waals surface area (Å²) in [5.41, 5.74) is -0.486. The van der Waals surface area contributed by atoms with Crippen LogP contribution in [-0.4, -0.2) is 33.9 Å². The summed E-state index contributed by atoms with van der Waals surface area (Å²) < 4.78 is 4.98. The number of aliphatic hydroxyl groups excluding tert-OH is 1. The molecule has 3 N–H and O–H groups in total. The summed E-state index contributed by atoms with van der Waals surface area (Å²) >= 11 is 5.80. The standard InChI is InChI=1S/C14H18ClNO5/c1-14(2,3)21-13(20)16-10(12(18)19)11(17)8-5-4-6-9(15)7-8/h4-7,10-11,17H,1-3H3,(H,16,20)(H,18,19). The van der Waals surface area contributed by atoms with E-state index in [4.69, 9.17) is 21.4 Å². The minimum absolute atomic E-state index is 0.283. The molecule has 0 radical (unpaired) electrons. The Bertz CT molecular complexity index is 526. The van der Waals surface area contributed by atoms with Crippen LogP contribution in [0.5, 0.6) is 0 Å². The van der Waals surface area contributed by atoms with E-state index in [0.717, 1.165) is 0 Å². The molecule has 1 amide bonds. The quantitative estimate of drug-likeness (QED) is 0.792. The zero-order valence-corrected chi connectivity index (χ0v) is 12.7. The minimum atomic E-state index is -1.54. The molecule has 116 valence electrons. The van der Waals surface area contributed by atoms with Crippen LogP contribution >= 0.6 is 11.6 Å². The smallest absolute Gasteiger partial charge is 0.408 e. The summed E-state index contributed by atoms with van der Waals surface area (Å²) in [6, 6.07) is 4.57. The topological polar surface area (TPSA) is 95.9 Å². The van der Waals surface area contributed by atoms with E-state index in [-0.39, 0.29) is 5.56 Å². The van der Waals surface area contributed by atoms with Gasteiger partial charge in [-0.25, -0.2) is 9.59 Å². The molecule has 0 saturated heterocycles. The first-order valence-corrected chi connectivity index (χ1v) is 6.64. The lowest BCUT2D eigenvalue weighted by Crippen LogP contribution is -2.46. The van der Waals surface area contributed by atoms with Crippen LogP contribution in [-0.2, 0) is 9.53 Å². The molecule has 1 rings (SSSR count). The van der Waals surface area contributed by atoms with Gasteiger partial charge in [0, 0.05) is 5.02 Å². The zero-order chi connectivity index (χ0) is 16.2. The highest BCUT2D eigenvalue weighted by molar-refractivity contribution is 6.30. The third kappa shape index (κ3) is 5.61. The summed E-state index contributed by atoms with van der Waals surface area (Å²) in [4.78, 5) is 22.9. The average Bonchev–Trinajstić information content (AvgIpc) is 2.32. The van der Waals surface area contributed by atoms with E-state index in [9.17, 15) is 14.7 Å². The Morgan fingerprint density at radius 2 is 1.95 bits per heavy atom. The Morgan fingerprint density at radius 1 is 1.33 bits per heavy atom. The van der Waals surface area contributed by atoms with Crippen molar-refractivity contribution in [3.63, 3.8) is 0 Å². The van der Waals surface area contributed by atoms with Gasteiger partial charge in [0.1, 0.15) is 11.7 Å². The molecule has 7 heteroatoms. The lowest BCUT2D eigenvalue weighted by molar-refractivity contribution is -0.142. The van der Waals surface area contributed by atoms with Crippen molar-refractivity contribution in [3.05, 3.63) is 34.9 Å². The first-order chi connectivity index (χ1) is 9.60. The van der Waals surface area contributed by atoms with E-state index in [2.05, 4.69) is 5.32 Å². The molecule has 0 heterocycles. The van der Waals surface area contributed by atoms with E-state index in [1.807, 2.05) is 0 Å². The molecule has 1 aromatic rings. The second-order valence-corrected chi connectivity index (χ2v) is 5.90. The Labute approximate surface area is 127 Å². The van der Waals surface area contributed by atoms with E-state index >= 15 is 0 Å². The molecular formula is C14H18ClNO5. The number of carbonyl (C=O) groups is 2. The molecule has 1 aromatic carbocycles. The summed E-state index contributed by atoms with van der Waals surface area (Å²) in [5, 5.41) is 21.8. The minimum Gasteiger partial charge on any atom is -0.480 e. The molecule has 0 fully saturated rings. The SMILES string of the molecule is CC(C)(C)OC(=O)NC(C(=O)O)C(O)c1cccc(Cl)c1. The monoisotopic (exact) mass is 315 g/mol. The Balaban J connectivity index is 2.87. The maximum Gasteiger partial charge on any atom is 0.408 e. The summed E-state index contributed by atoms with van der Waals surface area (Å²) in [7, 11) is 0. The first-order valence-electron chi connectivity index (χ1n) is 6.26. The number of carbonyl (C=O) groups excluding carboxylic acids is 1. The fourth-order valence-corrected chi connectivity index (χ4v) is 1.79. The normalized spacial score (nSPS) is 14.1. The Kier molecular flexibility index (Phi) is 5.57. The highest BCUT2D eigenvalue weighted by atomic mass is 35.5. The zero-order valence-electron chi connectivity index (χ0n) is 12.0. The molecule has 0 spiro atoms. The number of aliphatic hydroxyl groups is 1. The number of nitrogens with one attached hydrogen (secondary N) is 1. The molecule has 21 heavy (non-hydrogen) atoms. The van der Waals surface area contributed by atoms with Crippen LogP contribution in [0.4, 0.5) is 4.79 Å². The van der Waals surface area contributed by atoms with Crippen LogP contribution in [0, 0.1) is 0 Å². The molecule has 0 bridgehead atoms. The number of amides is 1. The lowest BCUT2D eigenvalue weighted by Gasteiger charge is -2.24. The van der Waals surface area contributed by atoms with Crippen molar-refractivity contribution in [2.24, 2.45) is 0 Å². The summed E-state index contributed by atoms with van der Waals surface area (Å²) in [6.07, 6.45) is -2.37. The van der Waals surface area contributed by atoms with Crippen LogP contribution in [0.25, 0.3) is 0 Å². The van der Waals surface area contributed by atoms with Gasteiger partial charge < -0.3 is 20.3 Å². The molecule has 0 aliphatic carbocycles. The predicted octanol–water partition coefficient (Wildman–Crippen LogP) is 2.35. The van der Waals surface area contributed by atoms with E-state index in [1.165, 1.54) is 12.1 Å². The van der Waals surface area contributed by atoms with Gasteiger partial charge >= 0.3 is 12.1 Å². The number of carboxylic acid groups (broad SMARTS) is 1. The van der Waals surface area contributed by atoms with Crippen molar-refractivity contribution in [3.8, 4) is 0 Å². The third-order valence-electron chi connectivity index (χ3n) is 2.44. The van der Waals surface area contributed by atoms with Gasteiger partial charge in [-0.2, -0.15) is 0 Å². The highest BCUT2D eigenvalue weighted by Gasteiger charge is 2.31. The van der Waals surface area contributed by atoms with Gasteiger partial charge in [0.15, 0.2) is 6.04 Å². The number of hydrogen-bond acceptors (Lipinski definition) is 4. The van der Waals surface area contributed by atoms with Gasteiger partial charge in [-0.15, -0.1) is 0 Å². The summed E-state index contributed by atoms with van der Waals surface area (Å²) in [5.74, 6) is -1.38. The maximum atomic E-state index is 11.6. The number of ether oxygens (including phenoxy) is 1. The van der Waals surface area contributed by atoms with Gasteiger partial charge in [-0.05, 0) is 38.5 Å². The third-order valence-corrected chi connectivity index (χ3v) is 2.68. The number of rotatable bonds is 4. The fraction of sp³-hybridized carbons (Fsp3) is 0.429. The van der Waals surface area contributed by atoms with Crippen molar-refractivity contribution in [2.45, 2.75) is 38.5 Å². The molecule has 2 atom stereocenters. The first kappa shape index (κ1) is 17.3. The molecule has 6 nitrogen and oxygen atoms in total. The van der Waals surface area contributed by atoms with Crippen molar-refractivity contribution in [1.82, 2.24) is 5.32 Å². The predicted molar refractivity (Wildman–Crippen MR) is 77.2 cm³/mol.